The van der Waals surface area contributed by atoms with E-state index in [1.807, 2.05) is 89.2 Å². The lowest BCUT2D eigenvalue weighted by Gasteiger charge is -2.08. The van der Waals surface area contributed by atoms with Crippen LogP contribution in [-0.4, -0.2) is 23.3 Å². The number of aryl methyl sites for hydroxylation is 2. The Morgan fingerprint density at radius 1 is 0.705 bits per heavy atom. The van der Waals surface area contributed by atoms with Crippen molar-refractivity contribution < 1.29 is 8.78 Å². The van der Waals surface area contributed by atoms with Crippen LogP contribution >= 0.6 is 15.9 Å². The van der Waals surface area contributed by atoms with Crippen molar-refractivity contribution in [1.82, 2.24) is 23.3 Å². The molecule has 0 radical (unpaired) electrons. The fourth-order valence-electron chi connectivity index (χ4n) is 5.22. The highest BCUT2D eigenvalue weighted by atomic mass is 79.9. The number of fused-ring (bicyclic) bond motifs is 2. The predicted molar refractivity (Wildman–Crippen MR) is 172 cm³/mol. The highest BCUT2D eigenvalue weighted by Crippen LogP contribution is 2.22. The molecule has 0 aliphatic heterocycles. The SMILES string of the molecule is Cc1cc(-c2ccc3ncc(Cc4cccc(F)c4)n3c2)cn(C)c1=O.Fc1cccc(Cc2cnc3ccc(Br)cn23)c1. The zero-order valence-electron chi connectivity index (χ0n) is 24.1. The summed E-state index contributed by atoms with van der Waals surface area (Å²) in [6, 6.07) is 23.0. The number of benzene rings is 2. The van der Waals surface area contributed by atoms with Crippen molar-refractivity contribution in [2.75, 3.05) is 0 Å². The van der Waals surface area contributed by atoms with Crippen LogP contribution in [0.25, 0.3) is 22.4 Å². The van der Waals surface area contributed by atoms with E-state index in [0.717, 1.165) is 49.4 Å². The molecular formula is C35H28BrF2N5O. The Balaban J connectivity index is 0.000000167. The number of nitrogens with zero attached hydrogens (tertiary/aromatic N) is 5. The predicted octanol–water partition coefficient (Wildman–Crippen LogP) is 7.57. The first kappa shape index (κ1) is 29.2. The summed E-state index contributed by atoms with van der Waals surface area (Å²) >= 11 is 3.44. The van der Waals surface area contributed by atoms with Crippen LogP contribution in [0.5, 0.6) is 0 Å². The molecular weight excluding hydrogens is 624 g/mol. The minimum absolute atomic E-state index is 0.00394. The molecule has 220 valence electrons. The van der Waals surface area contributed by atoms with Crippen LogP contribution in [-0.2, 0) is 19.9 Å². The first-order valence-electron chi connectivity index (χ1n) is 14.0. The van der Waals surface area contributed by atoms with Gasteiger partial charge >= 0.3 is 0 Å². The number of hydrogen-bond acceptors (Lipinski definition) is 3. The fraction of sp³-hybridized carbons (Fsp3) is 0.114. The Morgan fingerprint density at radius 3 is 1.84 bits per heavy atom. The maximum Gasteiger partial charge on any atom is 0.253 e. The number of halogens is 3. The minimum atomic E-state index is -0.238. The summed E-state index contributed by atoms with van der Waals surface area (Å²) in [4.78, 5) is 20.7. The molecule has 0 amide bonds. The average molecular weight is 653 g/mol. The number of imidazole rings is 2. The molecule has 0 saturated carbocycles. The zero-order valence-corrected chi connectivity index (χ0v) is 25.7. The monoisotopic (exact) mass is 651 g/mol. The van der Waals surface area contributed by atoms with Gasteiger partial charge in [0.05, 0.1) is 0 Å². The zero-order chi connectivity index (χ0) is 30.8. The van der Waals surface area contributed by atoms with E-state index in [4.69, 9.17) is 0 Å². The molecule has 2 aromatic carbocycles. The summed E-state index contributed by atoms with van der Waals surface area (Å²) in [5.74, 6) is -0.444. The Morgan fingerprint density at radius 2 is 1.27 bits per heavy atom. The number of pyridine rings is 3. The van der Waals surface area contributed by atoms with Gasteiger partial charge in [0.15, 0.2) is 0 Å². The van der Waals surface area contributed by atoms with Gasteiger partial charge in [-0.15, -0.1) is 0 Å². The molecule has 0 N–H and O–H groups in total. The smallest absolute Gasteiger partial charge is 0.253 e. The van der Waals surface area contributed by atoms with E-state index < -0.39 is 0 Å². The lowest BCUT2D eigenvalue weighted by atomic mass is 10.1. The van der Waals surface area contributed by atoms with E-state index in [1.165, 1.54) is 12.1 Å². The molecule has 0 spiro atoms. The van der Waals surface area contributed by atoms with Crippen LogP contribution < -0.4 is 5.56 Å². The normalized spacial score (nSPS) is 11.1. The van der Waals surface area contributed by atoms with Crippen LogP contribution in [0.3, 0.4) is 0 Å². The summed E-state index contributed by atoms with van der Waals surface area (Å²) < 4.78 is 33.2. The highest BCUT2D eigenvalue weighted by molar-refractivity contribution is 9.10. The molecule has 7 aromatic rings. The van der Waals surface area contributed by atoms with Crippen molar-refractivity contribution in [3.05, 3.63) is 164 Å². The number of rotatable bonds is 5. The fourth-order valence-corrected chi connectivity index (χ4v) is 5.55. The molecule has 5 heterocycles. The Kier molecular flexibility index (Phi) is 8.21. The van der Waals surface area contributed by atoms with Crippen molar-refractivity contribution in [2.24, 2.45) is 7.05 Å². The lowest BCUT2D eigenvalue weighted by molar-refractivity contribution is 0.625. The van der Waals surface area contributed by atoms with Gasteiger partial charge in [-0.25, -0.2) is 18.7 Å². The van der Waals surface area contributed by atoms with Gasteiger partial charge < -0.3 is 13.4 Å². The number of hydrogen-bond donors (Lipinski definition) is 0. The maximum absolute atomic E-state index is 13.5. The first-order valence-corrected chi connectivity index (χ1v) is 14.8. The summed E-state index contributed by atoms with van der Waals surface area (Å²) in [6.07, 6.45) is 10.7. The molecule has 9 heteroatoms. The molecule has 0 atom stereocenters. The maximum atomic E-state index is 13.5. The second kappa shape index (κ2) is 12.4. The Bertz CT molecular complexity index is 2160. The molecule has 0 fully saturated rings. The van der Waals surface area contributed by atoms with E-state index >= 15 is 0 Å². The molecule has 0 saturated heterocycles. The van der Waals surface area contributed by atoms with E-state index in [9.17, 15) is 13.6 Å². The van der Waals surface area contributed by atoms with Gasteiger partial charge in [0.2, 0.25) is 0 Å². The third-order valence-electron chi connectivity index (χ3n) is 7.37. The van der Waals surface area contributed by atoms with Crippen molar-refractivity contribution in [3.8, 4) is 11.1 Å². The van der Waals surface area contributed by atoms with Gasteiger partial charge in [-0.05, 0) is 99.7 Å². The summed E-state index contributed by atoms with van der Waals surface area (Å²) in [5.41, 5.74) is 8.26. The van der Waals surface area contributed by atoms with E-state index in [0.29, 0.717) is 18.4 Å². The molecule has 7 rings (SSSR count). The van der Waals surface area contributed by atoms with Crippen LogP contribution in [0.15, 0.2) is 119 Å². The second-order valence-corrected chi connectivity index (χ2v) is 11.6. The van der Waals surface area contributed by atoms with Crippen molar-refractivity contribution >= 4 is 27.2 Å². The first-order chi connectivity index (χ1) is 21.2. The van der Waals surface area contributed by atoms with Gasteiger partial charge in [0.1, 0.15) is 22.9 Å². The quantitative estimate of drug-likeness (QED) is 0.193. The van der Waals surface area contributed by atoms with Crippen molar-refractivity contribution in [3.63, 3.8) is 0 Å². The second-order valence-electron chi connectivity index (χ2n) is 10.7. The van der Waals surface area contributed by atoms with Gasteiger partial charge in [0, 0.05) is 72.3 Å². The molecule has 0 bridgehead atoms. The standard InChI is InChI=1S/C21H18FN3O.C14H10BrFN2/c1-14-8-17(12-24(2)21(14)26)16-6-7-20-23-11-19(25(20)13-16)10-15-4-3-5-18(22)9-15;15-11-4-5-14-17-8-13(18(14)9-11)7-10-2-1-3-12(16)6-10/h3-9,11-13H,10H2,1-2H3;1-6,8-9H,7H2. The molecule has 0 aliphatic rings. The molecule has 0 aliphatic carbocycles. The largest absolute Gasteiger partial charge is 0.318 e. The molecule has 44 heavy (non-hydrogen) atoms. The molecule has 5 aromatic heterocycles. The summed E-state index contributed by atoms with van der Waals surface area (Å²) in [6.45, 7) is 1.82. The summed E-state index contributed by atoms with van der Waals surface area (Å²) in [7, 11) is 1.75. The van der Waals surface area contributed by atoms with Crippen molar-refractivity contribution in [2.45, 2.75) is 19.8 Å². The van der Waals surface area contributed by atoms with Crippen LogP contribution in [0, 0.1) is 18.6 Å². The van der Waals surface area contributed by atoms with E-state index in [-0.39, 0.29) is 17.2 Å². The highest BCUT2D eigenvalue weighted by Gasteiger charge is 2.09. The van der Waals surface area contributed by atoms with Gasteiger partial charge in [-0.2, -0.15) is 0 Å². The molecule has 6 nitrogen and oxygen atoms in total. The minimum Gasteiger partial charge on any atom is -0.318 e. The molecule has 0 unspecified atom stereocenters. The average Bonchev–Trinajstić information content (AvgIpc) is 3.59. The van der Waals surface area contributed by atoms with Crippen LogP contribution in [0.2, 0.25) is 0 Å². The summed E-state index contributed by atoms with van der Waals surface area (Å²) in [5, 5.41) is 0. The van der Waals surface area contributed by atoms with Gasteiger partial charge in [-0.1, -0.05) is 24.3 Å². The van der Waals surface area contributed by atoms with Crippen molar-refractivity contribution in [1.29, 1.82) is 0 Å². The number of aromatic nitrogens is 5. The van der Waals surface area contributed by atoms with Gasteiger partial charge in [-0.3, -0.25) is 4.79 Å². The van der Waals surface area contributed by atoms with E-state index in [1.54, 1.807) is 35.9 Å². The van der Waals surface area contributed by atoms with Crippen LogP contribution in [0.1, 0.15) is 28.1 Å². The Hall–Kier alpha value is -4.89. The van der Waals surface area contributed by atoms with Crippen LogP contribution in [0.4, 0.5) is 8.78 Å². The van der Waals surface area contributed by atoms with E-state index in [2.05, 4.69) is 25.9 Å². The topological polar surface area (TPSA) is 56.6 Å². The third-order valence-corrected chi connectivity index (χ3v) is 7.84. The Labute approximate surface area is 261 Å². The van der Waals surface area contributed by atoms with Gasteiger partial charge in [0.25, 0.3) is 5.56 Å². The third kappa shape index (κ3) is 6.38. The lowest BCUT2D eigenvalue weighted by Crippen LogP contribution is -2.18.